The minimum absolute atomic E-state index is 0.0545. The second-order valence-corrected chi connectivity index (χ2v) is 7.66. The molecule has 0 atom stereocenters. The molecule has 160 valence electrons. The van der Waals surface area contributed by atoms with Crippen LogP contribution >= 0.6 is 0 Å². The summed E-state index contributed by atoms with van der Waals surface area (Å²) in [5, 5.41) is 4.47. The molecule has 9 heteroatoms. The van der Waals surface area contributed by atoms with Gasteiger partial charge in [0.25, 0.3) is 23.6 Å². The summed E-state index contributed by atoms with van der Waals surface area (Å²) < 4.78 is 17.8. The third kappa shape index (κ3) is 3.58. The second-order valence-electron chi connectivity index (χ2n) is 7.66. The first-order valence-electron chi connectivity index (χ1n) is 9.73. The van der Waals surface area contributed by atoms with E-state index < -0.39 is 23.6 Å². The monoisotopic (exact) mass is 424 g/mol. The number of fused-ring (bicyclic) bond motifs is 2. The molecule has 0 radical (unpaired) electrons. The van der Waals surface area contributed by atoms with Gasteiger partial charge in [0.1, 0.15) is 5.75 Å². The Morgan fingerprint density at radius 3 is 1.97 bits per heavy atom. The number of rotatable bonds is 6. The lowest BCUT2D eigenvalue weighted by Gasteiger charge is -2.21. The minimum Gasteiger partial charge on any atom is -0.487 e. The lowest BCUT2D eigenvalue weighted by molar-refractivity contribution is 0.0862. The fourth-order valence-electron chi connectivity index (χ4n) is 3.37. The molecule has 0 fully saturated rings. The van der Waals surface area contributed by atoms with Crippen LogP contribution in [-0.4, -0.2) is 35.8 Å². The lowest BCUT2D eigenvalue weighted by atomic mass is 10.1. The van der Waals surface area contributed by atoms with Crippen molar-refractivity contribution in [3.63, 3.8) is 0 Å². The number of imide groups is 2. The number of carbonyl (C=O) groups excluding carboxylic acids is 4. The normalized spacial score (nSPS) is 14.5. The van der Waals surface area contributed by atoms with E-state index in [1.54, 1.807) is 27.7 Å². The summed E-state index contributed by atoms with van der Waals surface area (Å²) in [6.07, 6.45) is -0.608. The number of hydrogen-bond donors (Lipinski definition) is 2. The SMILES string of the molecule is CC(C)Oc1cc2c(c(OC(C)C)c1Oc1ccc3c(c1)C(=O)NC3=O)C(=O)NC2=O. The van der Waals surface area contributed by atoms with Crippen molar-refractivity contribution in [3.8, 4) is 23.0 Å². The van der Waals surface area contributed by atoms with Gasteiger partial charge in [0.2, 0.25) is 5.75 Å². The lowest BCUT2D eigenvalue weighted by Crippen LogP contribution is -2.20. The largest absolute Gasteiger partial charge is 0.487 e. The van der Waals surface area contributed by atoms with Crippen LogP contribution in [0.3, 0.4) is 0 Å². The molecule has 9 nitrogen and oxygen atoms in total. The molecule has 2 heterocycles. The summed E-state index contributed by atoms with van der Waals surface area (Å²) in [6, 6.07) is 5.85. The zero-order valence-corrected chi connectivity index (χ0v) is 17.3. The highest BCUT2D eigenvalue weighted by Crippen LogP contribution is 2.47. The van der Waals surface area contributed by atoms with E-state index in [1.807, 2.05) is 0 Å². The summed E-state index contributed by atoms with van der Waals surface area (Å²) in [7, 11) is 0. The highest BCUT2D eigenvalue weighted by Gasteiger charge is 2.36. The predicted molar refractivity (Wildman–Crippen MR) is 108 cm³/mol. The standard InChI is InChI=1S/C22H20N2O7/c1-9(2)29-15-8-14-16(22(28)24-21(14)27)18(30-10(3)4)17(15)31-11-5-6-12-13(7-11)20(26)23-19(12)25/h5-10H,1-4H3,(H,23,25,26)(H,24,27,28). The van der Waals surface area contributed by atoms with E-state index in [0.717, 1.165) is 0 Å². The molecule has 0 unspecified atom stereocenters. The molecule has 0 saturated heterocycles. The summed E-state index contributed by atoms with van der Waals surface area (Å²) in [5.74, 6) is -1.57. The molecule has 2 aromatic carbocycles. The van der Waals surface area contributed by atoms with Crippen LogP contribution < -0.4 is 24.8 Å². The van der Waals surface area contributed by atoms with Crippen molar-refractivity contribution < 1.29 is 33.4 Å². The Balaban J connectivity index is 1.88. The molecule has 0 saturated carbocycles. The zero-order chi connectivity index (χ0) is 22.4. The molecule has 0 bridgehead atoms. The molecule has 4 rings (SSSR count). The average molecular weight is 424 g/mol. The van der Waals surface area contributed by atoms with E-state index in [2.05, 4.69) is 10.6 Å². The first kappa shape index (κ1) is 20.4. The van der Waals surface area contributed by atoms with E-state index >= 15 is 0 Å². The molecule has 0 aromatic heterocycles. The quantitative estimate of drug-likeness (QED) is 0.684. The van der Waals surface area contributed by atoms with Crippen molar-refractivity contribution in [2.24, 2.45) is 0 Å². The van der Waals surface area contributed by atoms with Crippen LogP contribution in [0.15, 0.2) is 24.3 Å². The van der Waals surface area contributed by atoms with Gasteiger partial charge in [0, 0.05) is 0 Å². The number of benzene rings is 2. The third-order valence-electron chi connectivity index (χ3n) is 4.54. The summed E-state index contributed by atoms with van der Waals surface area (Å²) in [4.78, 5) is 48.5. The van der Waals surface area contributed by atoms with Crippen molar-refractivity contribution in [2.75, 3.05) is 0 Å². The van der Waals surface area contributed by atoms with E-state index in [0.29, 0.717) is 0 Å². The van der Waals surface area contributed by atoms with Gasteiger partial charge in [0.05, 0.1) is 34.5 Å². The highest BCUT2D eigenvalue weighted by atomic mass is 16.5. The second kappa shape index (κ2) is 7.42. The molecule has 0 spiro atoms. The smallest absolute Gasteiger partial charge is 0.262 e. The van der Waals surface area contributed by atoms with Crippen LogP contribution in [0.4, 0.5) is 0 Å². The average Bonchev–Trinajstić information content (AvgIpc) is 3.12. The van der Waals surface area contributed by atoms with Gasteiger partial charge in [-0.3, -0.25) is 29.8 Å². The van der Waals surface area contributed by atoms with Crippen LogP contribution in [0.1, 0.15) is 69.1 Å². The van der Waals surface area contributed by atoms with Crippen molar-refractivity contribution in [1.82, 2.24) is 10.6 Å². The van der Waals surface area contributed by atoms with Gasteiger partial charge in [-0.1, -0.05) is 0 Å². The number of hydrogen-bond acceptors (Lipinski definition) is 7. The highest BCUT2D eigenvalue weighted by molar-refractivity contribution is 6.23. The Morgan fingerprint density at radius 2 is 1.29 bits per heavy atom. The van der Waals surface area contributed by atoms with Crippen molar-refractivity contribution >= 4 is 23.6 Å². The molecule has 2 aliphatic rings. The van der Waals surface area contributed by atoms with E-state index in [1.165, 1.54) is 24.3 Å². The predicted octanol–water partition coefficient (Wildman–Crippen LogP) is 2.82. The summed E-state index contributed by atoms with van der Waals surface area (Å²) >= 11 is 0. The van der Waals surface area contributed by atoms with Crippen LogP contribution in [0, 0.1) is 0 Å². The topological polar surface area (TPSA) is 120 Å². The van der Waals surface area contributed by atoms with E-state index in [9.17, 15) is 19.2 Å². The zero-order valence-electron chi connectivity index (χ0n) is 17.3. The molecule has 2 N–H and O–H groups in total. The first-order chi connectivity index (χ1) is 14.7. The Hall–Kier alpha value is -3.88. The summed E-state index contributed by atoms with van der Waals surface area (Å²) in [5.41, 5.74) is 0.601. The molecule has 0 aliphatic carbocycles. The van der Waals surface area contributed by atoms with Crippen molar-refractivity contribution in [1.29, 1.82) is 0 Å². The summed E-state index contributed by atoms with van der Waals surface area (Å²) in [6.45, 7) is 7.14. The Bertz CT molecular complexity index is 1150. The van der Waals surface area contributed by atoms with Gasteiger partial charge in [0.15, 0.2) is 11.5 Å². The fourth-order valence-corrected chi connectivity index (χ4v) is 3.37. The third-order valence-corrected chi connectivity index (χ3v) is 4.54. The van der Waals surface area contributed by atoms with Gasteiger partial charge >= 0.3 is 0 Å². The molecular weight excluding hydrogens is 404 g/mol. The molecular formula is C22H20N2O7. The molecule has 31 heavy (non-hydrogen) atoms. The maximum absolute atomic E-state index is 12.5. The van der Waals surface area contributed by atoms with Gasteiger partial charge < -0.3 is 14.2 Å². The van der Waals surface area contributed by atoms with Crippen LogP contribution in [0.25, 0.3) is 0 Å². The van der Waals surface area contributed by atoms with Crippen LogP contribution in [0.2, 0.25) is 0 Å². The Morgan fingerprint density at radius 1 is 0.677 bits per heavy atom. The first-order valence-corrected chi connectivity index (χ1v) is 9.73. The van der Waals surface area contributed by atoms with Crippen molar-refractivity contribution in [3.05, 3.63) is 46.5 Å². The molecule has 4 amide bonds. The van der Waals surface area contributed by atoms with Crippen LogP contribution in [0.5, 0.6) is 23.0 Å². The van der Waals surface area contributed by atoms with Crippen LogP contribution in [-0.2, 0) is 0 Å². The number of nitrogens with one attached hydrogen (secondary N) is 2. The van der Waals surface area contributed by atoms with E-state index in [-0.39, 0.29) is 57.5 Å². The Labute approximate surface area is 177 Å². The fraction of sp³-hybridized carbons (Fsp3) is 0.273. The van der Waals surface area contributed by atoms with Crippen molar-refractivity contribution in [2.45, 2.75) is 39.9 Å². The van der Waals surface area contributed by atoms with Gasteiger partial charge in [-0.05, 0) is 52.0 Å². The molecule has 2 aromatic rings. The van der Waals surface area contributed by atoms with Gasteiger partial charge in [-0.2, -0.15) is 0 Å². The Kier molecular flexibility index (Phi) is 4.88. The van der Waals surface area contributed by atoms with Gasteiger partial charge in [-0.15, -0.1) is 0 Å². The number of carbonyl (C=O) groups is 4. The minimum atomic E-state index is -0.601. The van der Waals surface area contributed by atoms with E-state index in [4.69, 9.17) is 14.2 Å². The maximum Gasteiger partial charge on any atom is 0.262 e. The number of amides is 4. The number of ether oxygens (including phenoxy) is 3. The maximum atomic E-state index is 12.5. The molecule has 2 aliphatic heterocycles. The van der Waals surface area contributed by atoms with Gasteiger partial charge in [-0.25, -0.2) is 0 Å².